The van der Waals surface area contributed by atoms with Gasteiger partial charge in [-0.25, -0.2) is 0 Å². The van der Waals surface area contributed by atoms with E-state index in [1.165, 1.54) is 21.9 Å². The summed E-state index contributed by atoms with van der Waals surface area (Å²) in [6.07, 6.45) is 0. The summed E-state index contributed by atoms with van der Waals surface area (Å²) < 4.78 is 8.64. The summed E-state index contributed by atoms with van der Waals surface area (Å²) in [6.45, 7) is 4.53. The zero-order valence-corrected chi connectivity index (χ0v) is 22.8. The lowest BCUT2D eigenvalue weighted by Gasteiger charge is -2.34. The second-order valence-corrected chi connectivity index (χ2v) is 11.3. The van der Waals surface area contributed by atoms with E-state index in [1.54, 1.807) is 0 Å². The standard InChI is InChI=1S/C38H26N2O/c1-38(2)31-11-5-6-13-36(31)41-37-19-16-27(22-32(37)38)26-15-18-35-30(21-26)29-20-24(23-39)14-17-34(29)40(35)33-12-7-9-25-8-3-4-10-28(25)33/h3-22H,1-2H3. The lowest BCUT2D eigenvalue weighted by molar-refractivity contribution is 0.418. The van der Waals surface area contributed by atoms with E-state index in [2.05, 4.69) is 122 Å². The van der Waals surface area contributed by atoms with Gasteiger partial charge in [0.25, 0.3) is 0 Å². The van der Waals surface area contributed by atoms with Gasteiger partial charge in [-0.3, -0.25) is 0 Å². The van der Waals surface area contributed by atoms with Crippen LogP contribution in [0, 0.1) is 11.3 Å². The monoisotopic (exact) mass is 526 g/mol. The van der Waals surface area contributed by atoms with Crippen molar-refractivity contribution in [2.24, 2.45) is 0 Å². The number of nitrogens with zero attached hydrogens (tertiary/aromatic N) is 2. The molecule has 0 radical (unpaired) electrons. The van der Waals surface area contributed by atoms with Crippen molar-refractivity contribution in [3.05, 3.63) is 138 Å². The lowest BCUT2D eigenvalue weighted by Crippen LogP contribution is -2.24. The molecular weight excluding hydrogens is 500 g/mol. The summed E-state index contributed by atoms with van der Waals surface area (Å²) in [5.74, 6) is 1.83. The Labute approximate surface area is 238 Å². The molecule has 6 aromatic carbocycles. The summed E-state index contributed by atoms with van der Waals surface area (Å²) in [4.78, 5) is 0. The van der Waals surface area contributed by atoms with Crippen molar-refractivity contribution in [1.82, 2.24) is 4.57 Å². The first-order valence-corrected chi connectivity index (χ1v) is 13.9. The molecule has 41 heavy (non-hydrogen) atoms. The van der Waals surface area contributed by atoms with E-state index >= 15 is 0 Å². The van der Waals surface area contributed by atoms with E-state index < -0.39 is 0 Å². The predicted octanol–water partition coefficient (Wildman–Crippen LogP) is 9.91. The predicted molar refractivity (Wildman–Crippen MR) is 167 cm³/mol. The maximum absolute atomic E-state index is 9.73. The quantitative estimate of drug-likeness (QED) is 0.225. The highest BCUT2D eigenvalue weighted by atomic mass is 16.5. The summed E-state index contributed by atoms with van der Waals surface area (Å²) in [7, 11) is 0. The molecule has 0 saturated heterocycles. The first-order valence-electron chi connectivity index (χ1n) is 13.9. The summed E-state index contributed by atoms with van der Waals surface area (Å²) in [5.41, 5.74) is 8.46. The first kappa shape index (κ1) is 23.5. The highest BCUT2D eigenvalue weighted by molar-refractivity contribution is 6.12. The maximum atomic E-state index is 9.73. The van der Waals surface area contributed by atoms with Gasteiger partial charge < -0.3 is 9.30 Å². The Bertz CT molecular complexity index is 2220. The second-order valence-electron chi connectivity index (χ2n) is 11.3. The Kier molecular flexibility index (Phi) is 4.93. The molecule has 1 aliphatic heterocycles. The van der Waals surface area contributed by atoms with E-state index in [0.29, 0.717) is 5.56 Å². The number of rotatable bonds is 2. The Morgan fingerprint density at radius 1 is 0.610 bits per heavy atom. The fourth-order valence-corrected chi connectivity index (χ4v) is 6.56. The van der Waals surface area contributed by atoms with Crippen molar-refractivity contribution >= 4 is 32.6 Å². The van der Waals surface area contributed by atoms with E-state index in [-0.39, 0.29) is 5.41 Å². The molecule has 2 heterocycles. The highest BCUT2D eigenvalue weighted by Gasteiger charge is 2.34. The minimum absolute atomic E-state index is 0.184. The number of fused-ring (bicyclic) bond motifs is 6. The third kappa shape index (κ3) is 3.44. The van der Waals surface area contributed by atoms with Gasteiger partial charge in [-0.1, -0.05) is 80.6 Å². The molecular formula is C38H26N2O. The Morgan fingerprint density at radius 2 is 1.29 bits per heavy atom. The van der Waals surface area contributed by atoms with Crippen LogP contribution in [0.15, 0.2) is 121 Å². The van der Waals surface area contributed by atoms with Crippen LogP contribution in [-0.2, 0) is 5.41 Å². The van der Waals surface area contributed by atoms with Crippen molar-refractivity contribution in [2.45, 2.75) is 19.3 Å². The van der Waals surface area contributed by atoms with Crippen LogP contribution in [0.3, 0.4) is 0 Å². The summed E-state index contributed by atoms with van der Waals surface area (Å²) in [6, 6.07) is 44.8. The fourth-order valence-electron chi connectivity index (χ4n) is 6.56. The second kappa shape index (κ2) is 8.58. The molecule has 194 valence electrons. The van der Waals surface area contributed by atoms with Gasteiger partial charge in [0.15, 0.2) is 0 Å². The van der Waals surface area contributed by atoms with E-state index in [0.717, 1.165) is 50.1 Å². The van der Waals surface area contributed by atoms with Gasteiger partial charge in [0.1, 0.15) is 11.5 Å². The zero-order valence-electron chi connectivity index (χ0n) is 22.8. The molecule has 8 rings (SSSR count). The SMILES string of the molecule is CC1(C)c2ccccc2Oc2ccc(-c3ccc4c(c3)c3cc(C#N)ccc3n4-c3cccc4ccccc34)cc21. The van der Waals surface area contributed by atoms with Crippen molar-refractivity contribution in [3.8, 4) is 34.4 Å². The number of ether oxygens (including phenoxy) is 1. The van der Waals surface area contributed by atoms with Crippen LogP contribution in [-0.4, -0.2) is 4.57 Å². The van der Waals surface area contributed by atoms with Crippen LogP contribution < -0.4 is 4.74 Å². The van der Waals surface area contributed by atoms with Gasteiger partial charge >= 0.3 is 0 Å². The molecule has 1 aromatic heterocycles. The third-order valence-corrected chi connectivity index (χ3v) is 8.67. The normalized spacial score (nSPS) is 13.5. The maximum Gasteiger partial charge on any atom is 0.131 e. The smallest absolute Gasteiger partial charge is 0.131 e. The number of hydrogen-bond acceptors (Lipinski definition) is 2. The molecule has 0 bridgehead atoms. The van der Waals surface area contributed by atoms with Gasteiger partial charge in [-0.2, -0.15) is 5.26 Å². The molecule has 3 heteroatoms. The largest absolute Gasteiger partial charge is 0.457 e. The molecule has 0 unspecified atom stereocenters. The van der Waals surface area contributed by atoms with Crippen LogP contribution in [0.4, 0.5) is 0 Å². The molecule has 0 atom stereocenters. The van der Waals surface area contributed by atoms with E-state index in [9.17, 15) is 5.26 Å². The van der Waals surface area contributed by atoms with Gasteiger partial charge in [-0.15, -0.1) is 0 Å². The van der Waals surface area contributed by atoms with Crippen LogP contribution in [0.1, 0.15) is 30.5 Å². The molecule has 0 spiro atoms. The number of hydrogen-bond donors (Lipinski definition) is 0. The van der Waals surface area contributed by atoms with Crippen LogP contribution in [0.25, 0.3) is 49.4 Å². The molecule has 1 aliphatic rings. The summed E-state index contributed by atoms with van der Waals surface area (Å²) >= 11 is 0. The summed E-state index contributed by atoms with van der Waals surface area (Å²) in [5, 5.41) is 14.3. The van der Waals surface area contributed by atoms with E-state index in [4.69, 9.17) is 4.74 Å². The fraction of sp³-hybridized carbons (Fsp3) is 0.0789. The minimum Gasteiger partial charge on any atom is -0.457 e. The van der Waals surface area contributed by atoms with Gasteiger partial charge in [0.2, 0.25) is 0 Å². The van der Waals surface area contributed by atoms with Crippen LogP contribution in [0.5, 0.6) is 11.5 Å². The first-order chi connectivity index (χ1) is 20.0. The number of aromatic nitrogens is 1. The number of para-hydroxylation sites is 1. The third-order valence-electron chi connectivity index (χ3n) is 8.67. The van der Waals surface area contributed by atoms with Crippen LogP contribution in [0.2, 0.25) is 0 Å². The molecule has 0 amide bonds. The van der Waals surface area contributed by atoms with Crippen molar-refractivity contribution in [3.63, 3.8) is 0 Å². The van der Waals surface area contributed by atoms with Gasteiger partial charge in [0, 0.05) is 32.7 Å². The zero-order chi connectivity index (χ0) is 27.7. The van der Waals surface area contributed by atoms with Gasteiger partial charge in [0.05, 0.1) is 28.4 Å². The number of nitriles is 1. The van der Waals surface area contributed by atoms with Crippen molar-refractivity contribution in [1.29, 1.82) is 5.26 Å². The average Bonchev–Trinajstić information content (AvgIpc) is 3.33. The molecule has 0 saturated carbocycles. The lowest BCUT2D eigenvalue weighted by atomic mass is 9.75. The minimum atomic E-state index is -0.184. The average molecular weight is 527 g/mol. The van der Waals surface area contributed by atoms with Crippen molar-refractivity contribution < 1.29 is 4.74 Å². The Balaban J connectivity index is 1.36. The topological polar surface area (TPSA) is 37.9 Å². The van der Waals surface area contributed by atoms with Crippen LogP contribution >= 0.6 is 0 Å². The molecule has 0 fully saturated rings. The molecule has 7 aromatic rings. The van der Waals surface area contributed by atoms with E-state index in [1.807, 2.05) is 24.3 Å². The number of benzene rings is 6. The molecule has 0 aliphatic carbocycles. The Hall–Kier alpha value is -5.33. The Morgan fingerprint density at radius 3 is 2.17 bits per heavy atom. The molecule has 0 N–H and O–H groups in total. The highest BCUT2D eigenvalue weighted by Crippen LogP contribution is 2.49. The van der Waals surface area contributed by atoms with Crippen molar-refractivity contribution in [2.75, 3.05) is 0 Å². The van der Waals surface area contributed by atoms with Gasteiger partial charge in [-0.05, 0) is 71.1 Å². The molecule has 3 nitrogen and oxygen atoms in total.